The molecule has 3 aromatic rings. The number of H-pyrrole nitrogens is 1. The quantitative estimate of drug-likeness (QED) is 0.768. The first-order valence-corrected chi connectivity index (χ1v) is 6.21. The normalized spacial score (nSPS) is 10.6. The SMILES string of the molecule is Clc1cccc(NCc2ncc[nH]2)c1-n1ccnc1. The molecule has 0 unspecified atom stereocenters. The number of benzene rings is 1. The van der Waals surface area contributed by atoms with Gasteiger partial charge in [0.15, 0.2) is 0 Å². The molecule has 96 valence electrons. The van der Waals surface area contributed by atoms with Crippen molar-refractivity contribution in [2.45, 2.75) is 6.54 Å². The minimum atomic E-state index is 0.606. The fourth-order valence-corrected chi connectivity index (χ4v) is 2.16. The molecule has 0 bridgehead atoms. The van der Waals surface area contributed by atoms with Gasteiger partial charge in [-0.1, -0.05) is 17.7 Å². The van der Waals surface area contributed by atoms with E-state index < -0.39 is 0 Å². The van der Waals surface area contributed by atoms with Crippen molar-refractivity contribution in [3.63, 3.8) is 0 Å². The first-order chi connectivity index (χ1) is 9.34. The second-order valence-electron chi connectivity index (χ2n) is 4.00. The van der Waals surface area contributed by atoms with Crippen LogP contribution in [0.25, 0.3) is 5.69 Å². The Kier molecular flexibility index (Phi) is 3.20. The van der Waals surface area contributed by atoms with Crippen molar-refractivity contribution >= 4 is 17.3 Å². The molecule has 0 radical (unpaired) electrons. The Hall–Kier alpha value is -2.27. The van der Waals surface area contributed by atoms with Crippen LogP contribution in [-0.4, -0.2) is 19.5 Å². The molecular weight excluding hydrogens is 262 g/mol. The van der Waals surface area contributed by atoms with Gasteiger partial charge in [0.05, 0.1) is 29.3 Å². The number of hydrogen-bond acceptors (Lipinski definition) is 3. The molecule has 0 spiro atoms. The summed E-state index contributed by atoms with van der Waals surface area (Å²) in [6.07, 6.45) is 8.83. The van der Waals surface area contributed by atoms with Gasteiger partial charge in [-0.05, 0) is 12.1 Å². The van der Waals surface area contributed by atoms with Crippen molar-refractivity contribution in [2.75, 3.05) is 5.32 Å². The van der Waals surface area contributed by atoms with Crippen LogP contribution >= 0.6 is 11.6 Å². The predicted octanol–water partition coefficient (Wildman–Crippen LogP) is 2.86. The lowest BCUT2D eigenvalue weighted by molar-refractivity contribution is 0.986. The summed E-state index contributed by atoms with van der Waals surface area (Å²) >= 11 is 6.27. The summed E-state index contributed by atoms with van der Waals surface area (Å²) < 4.78 is 1.88. The van der Waals surface area contributed by atoms with E-state index in [1.807, 2.05) is 29.0 Å². The highest BCUT2D eigenvalue weighted by molar-refractivity contribution is 6.33. The van der Waals surface area contributed by atoms with Gasteiger partial charge < -0.3 is 14.9 Å². The fourth-order valence-electron chi connectivity index (χ4n) is 1.89. The molecule has 0 saturated carbocycles. The maximum absolute atomic E-state index is 6.27. The number of aromatic nitrogens is 4. The number of rotatable bonds is 4. The summed E-state index contributed by atoms with van der Waals surface area (Å²) in [7, 11) is 0. The highest BCUT2D eigenvalue weighted by atomic mass is 35.5. The van der Waals surface area contributed by atoms with Crippen molar-refractivity contribution < 1.29 is 0 Å². The molecule has 5 nitrogen and oxygen atoms in total. The van der Waals surface area contributed by atoms with Crippen molar-refractivity contribution in [1.82, 2.24) is 19.5 Å². The van der Waals surface area contributed by atoms with Crippen LogP contribution in [-0.2, 0) is 6.54 Å². The number of anilines is 1. The third kappa shape index (κ3) is 2.46. The number of imidazole rings is 2. The average molecular weight is 274 g/mol. The average Bonchev–Trinajstić information content (AvgIpc) is 3.09. The fraction of sp³-hybridized carbons (Fsp3) is 0.0769. The number of nitrogens with zero attached hydrogens (tertiary/aromatic N) is 3. The third-order valence-electron chi connectivity index (χ3n) is 2.75. The molecule has 0 fully saturated rings. The summed E-state index contributed by atoms with van der Waals surface area (Å²) in [6, 6.07) is 5.74. The topological polar surface area (TPSA) is 58.5 Å². The number of halogens is 1. The maximum Gasteiger partial charge on any atom is 0.125 e. The van der Waals surface area contributed by atoms with Crippen LogP contribution in [0, 0.1) is 0 Å². The van der Waals surface area contributed by atoms with Gasteiger partial charge >= 0.3 is 0 Å². The Morgan fingerprint density at radius 2 is 2.26 bits per heavy atom. The molecule has 3 rings (SSSR count). The van der Waals surface area contributed by atoms with E-state index >= 15 is 0 Å². The van der Waals surface area contributed by atoms with Crippen LogP contribution in [0.4, 0.5) is 5.69 Å². The van der Waals surface area contributed by atoms with E-state index in [0.717, 1.165) is 17.2 Å². The molecule has 1 aromatic carbocycles. The van der Waals surface area contributed by atoms with E-state index in [1.54, 1.807) is 24.9 Å². The molecule has 0 aliphatic rings. The molecule has 6 heteroatoms. The van der Waals surface area contributed by atoms with Crippen molar-refractivity contribution in [2.24, 2.45) is 0 Å². The lowest BCUT2D eigenvalue weighted by Crippen LogP contribution is -2.05. The van der Waals surface area contributed by atoms with Crippen LogP contribution in [0.1, 0.15) is 5.82 Å². The van der Waals surface area contributed by atoms with Crippen LogP contribution in [0.3, 0.4) is 0 Å². The van der Waals surface area contributed by atoms with Gasteiger partial charge in [-0.15, -0.1) is 0 Å². The van der Waals surface area contributed by atoms with Gasteiger partial charge in [0.1, 0.15) is 5.82 Å². The molecule has 2 aromatic heterocycles. The van der Waals surface area contributed by atoms with Crippen LogP contribution in [0.2, 0.25) is 5.02 Å². The predicted molar refractivity (Wildman–Crippen MR) is 74.5 cm³/mol. The van der Waals surface area contributed by atoms with Crippen LogP contribution in [0.5, 0.6) is 0 Å². The molecule has 0 atom stereocenters. The van der Waals surface area contributed by atoms with Crippen molar-refractivity contribution in [3.05, 3.63) is 60.2 Å². The standard InChI is InChI=1S/C13H12ClN5/c14-10-2-1-3-11(13(10)19-7-6-15-9-19)18-8-12-16-4-5-17-12/h1-7,9,18H,8H2,(H,16,17). The number of nitrogens with one attached hydrogen (secondary N) is 2. The Bertz CT molecular complexity index is 646. The minimum absolute atomic E-state index is 0.606. The highest BCUT2D eigenvalue weighted by Crippen LogP contribution is 2.28. The van der Waals surface area contributed by atoms with Gasteiger partial charge in [-0.2, -0.15) is 0 Å². The monoisotopic (exact) mass is 273 g/mol. The van der Waals surface area contributed by atoms with Gasteiger partial charge in [-0.3, -0.25) is 0 Å². The minimum Gasteiger partial charge on any atom is -0.376 e. The van der Waals surface area contributed by atoms with E-state index in [-0.39, 0.29) is 0 Å². The van der Waals surface area contributed by atoms with Gasteiger partial charge in [0.25, 0.3) is 0 Å². The second-order valence-corrected chi connectivity index (χ2v) is 4.40. The van der Waals surface area contributed by atoms with E-state index in [0.29, 0.717) is 11.6 Å². The summed E-state index contributed by atoms with van der Waals surface area (Å²) in [6.45, 7) is 0.606. The molecule has 2 heterocycles. The smallest absolute Gasteiger partial charge is 0.125 e. The molecule has 0 aliphatic heterocycles. The Morgan fingerprint density at radius 1 is 1.32 bits per heavy atom. The zero-order valence-electron chi connectivity index (χ0n) is 10.0. The summed E-state index contributed by atoms with van der Waals surface area (Å²) in [4.78, 5) is 11.3. The van der Waals surface area contributed by atoms with E-state index in [2.05, 4.69) is 20.3 Å². The van der Waals surface area contributed by atoms with Crippen molar-refractivity contribution in [1.29, 1.82) is 0 Å². The lowest BCUT2D eigenvalue weighted by atomic mass is 10.2. The van der Waals surface area contributed by atoms with E-state index in [9.17, 15) is 0 Å². The number of aromatic amines is 1. The van der Waals surface area contributed by atoms with Crippen LogP contribution in [0.15, 0.2) is 49.3 Å². The number of para-hydroxylation sites is 1. The van der Waals surface area contributed by atoms with Gasteiger partial charge in [0, 0.05) is 24.8 Å². The lowest BCUT2D eigenvalue weighted by Gasteiger charge is -2.13. The number of hydrogen-bond donors (Lipinski definition) is 2. The molecule has 2 N–H and O–H groups in total. The molecule has 0 amide bonds. The van der Waals surface area contributed by atoms with E-state index in [4.69, 9.17) is 11.6 Å². The van der Waals surface area contributed by atoms with Crippen molar-refractivity contribution in [3.8, 4) is 5.69 Å². The molecule has 19 heavy (non-hydrogen) atoms. The van der Waals surface area contributed by atoms with Gasteiger partial charge in [-0.25, -0.2) is 9.97 Å². The largest absolute Gasteiger partial charge is 0.376 e. The third-order valence-corrected chi connectivity index (χ3v) is 3.06. The summed E-state index contributed by atoms with van der Waals surface area (Å²) in [5, 5.41) is 3.99. The molecular formula is C13H12ClN5. The van der Waals surface area contributed by atoms with E-state index in [1.165, 1.54) is 0 Å². The molecule has 0 aliphatic carbocycles. The summed E-state index contributed by atoms with van der Waals surface area (Å²) in [5.74, 6) is 0.872. The highest BCUT2D eigenvalue weighted by Gasteiger charge is 2.08. The Balaban J connectivity index is 1.91. The second kappa shape index (κ2) is 5.16. The first-order valence-electron chi connectivity index (χ1n) is 5.83. The Morgan fingerprint density at radius 3 is 3.00 bits per heavy atom. The first kappa shape index (κ1) is 11.8. The summed E-state index contributed by atoms with van der Waals surface area (Å²) in [5.41, 5.74) is 1.81. The zero-order valence-corrected chi connectivity index (χ0v) is 10.8. The van der Waals surface area contributed by atoms with Gasteiger partial charge in [0.2, 0.25) is 0 Å². The zero-order chi connectivity index (χ0) is 13.1. The van der Waals surface area contributed by atoms with Crippen LogP contribution < -0.4 is 5.32 Å². The maximum atomic E-state index is 6.27. The molecule has 0 saturated heterocycles. The Labute approximate surface area is 115 Å².